The van der Waals surface area contributed by atoms with Crippen molar-refractivity contribution in [3.05, 3.63) is 114 Å². The minimum Gasteiger partial charge on any atom is -0.508 e. The van der Waals surface area contributed by atoms with Crippen LogP contribution in [0.3, 0.4) is 0 Å². The quantitative estimate of drug-likeness (QED) is 0.568. The van der Waals surface area contributed by atoms with Gasteiger partial charge in [0.05, 0.1) is 6.42 Å². The Hall–Kier alpha value is -3.86. The fourth-order valence-electron chi connectivity index (χ4n) is 4.08. The second kappa shape index (κ2) is 10.6. The van der Waals surface area contributed by atoms with E-state index in [1.807, 2.05) is 48.5 Å². The Morgan fingerprint density at radius 2 is 1.42 bits per heavy atom. The van der Waals surface area contributed by atoms with Crippen molar-refractivity contribution in [3.8, 4) is 5.75 Å². The molecule has 1 heterocycles. The van der Waals surface area contributed by atoms with Crippen LogP contribution < -0.4 is 0 Å². The van der Waals surface area contributed by atoms with Crippen LogP contribution >= 0.6 is 0 Å². The van der Waals surface area contributed by atoms with Gasteiger partial charge in [0.25, 0.3) is 0 Å². The Kier molecular flexibility index (Phi) is 7.20. The van der Waals surface area contributed by atoms with Gasteiger partial charge in [-0.25, -0.2) is 0 Å². The number of aryl methyl sites for hydroxylation is 1. The summed E-state index contributed by atoms with van der Waals surface area (Å²) in [4.78, 5) is 29.9. The first kappa shape index (κ1) is 22.3. The van der Waals surface area contributed by atoms with Crippen molar-refractivity contribution in [2.24, 2.45) is 0 Å². The van der Waals surface area contributed by atoms with Gasteiger partial charge in [-0.15, -0.1) is 0 Å². The molecule has 1 N–H and O–H groups in total. The van der Waals surface area contributed by atoms with Crippen molar-refractivity contribution in [3.63, 3.8) is 0 Å². The minimum atomic E-state index is -0.618. The Balaban J connectivity index is 1.49. The highest BCUT2D eigenvalue weighted by Gasteiger charge is 2.34. The molecular formula is C28H28N2O3. The number of phenols is 1. The van der Waals surface area contributed by atoms with Crippen LogP contribution in [0, 0.1) is 0 Å². The lowest BCUT2D eigenvalue weighted by atomic mass is 10.0. The first-order valence-corrected chi connectivity index (χ1v) is 11.3. The number of benzene rings is 3. The third kappa shape index (κ3) is 5.89. The zero-order chi connectivity index (χ0) is 23.0. The lowest BCUT2D eigenvalue weighted by Crippen LogP contribution is -2.52. The SMILES string of the molecule is O=C1[C@H](Cc2ccc(O)cc2)N(C(=O)Cc2ccccc2)C=CN1CCCc1ccccc1. The summed E-state index contributed by atoms with van der Waals surface area (Å²) >= 11 is 0. The fourth-order valence-corrected chi connectivity index (χ4v) is 4.08. The largest absolute Gasteiger partial charge is 0.508 e. The Labute approximate surface area is 194 Å². The molecule has 5 heteroatoms. The predicted molar refractivity (Wildman–Crippen MR) is 128 cm³/mol. The molecule has 0 aromatic heterocycles. The molecule has 3 aromatic carbocycles. The summed E-state index contributed by atoms with van der Waals surface area (Å²) in [5.41, 5.74) is 3.05. The highest BCUT2D eigenvalue weighted by atomic mass is 16.3. The number of carbonyl (C=O) groups excluding carboxylic acids is 2. The van der Waals surface area contributed by atoms with Crippen molar-refractivity contribution >= 4 is 11.8 Å². The molecule has 2 amide bonds. The van der Waals surface area contributed by atoms with Gasteiger partial charge in [0.2, 0.25) is 11.8 Å². The second-order valence-electron chi connectivity index (χ2n) is 8.27. The van der Waals surface area contributed by atoms with E-state index in [1.165, 1.54) is 5.56 Å². The number of carbonyl (C=O) groups is 2. The summed E-state index contributed by atoms with van der Waals surface area (Å²) in [6, 6.07) is 25.9. The number of hydrogen-bond donors (Lipinski definition) is 1. The molecule has 33 heavy (non-hydrogen) atoms. The Morgan fingerprint density at radius 3 is 2.09 bits per heavy atom. The van der Waals surface area contributed by atoms with E-state index in [2.05, 4.69) is 12.1 Å². The van der Waals surface area contributed by atoms with Crippen LogP contribution in [0.5, 0.6) is 5.75 Å². The highest BCUT2D eigenvalue weighted by molar-refractivity contribution is 5.91. The van der Waals surface area contributed by atoms with Crippen LogP contribution in [0.2, 0.25) is 0 Å². The van der Waals surface area contributed by atoms with Gasteiger partial charge in [0.15, 0.2) is 0 Å². The van der Waals surface area contributed by atoms with E-state index in [0.29, 0.717) is 13.0 Å². The molecule has 1 aliphatic rings. The van der Waals surface area contributed by atoms with E-state index in [1.54, 1.807) is 46.5 Å². The molecular weight excluding hydrogens is 412 g/mol. The monoisotopic (exact) mass is 440 g/mol. The average molecular weight is 441 g/mol. The van der Waals surface area contributed by atoms with Crippen molar-refractivity contribution < 1.29 is 14.7 Å². The molecule has 0 bridgehead atoms. The second-order valence-corrected chi connectivity index (χ2v) is 8.27. The number of nitrogens with zero attached hydrogens (tertiary/aromatic N) is 2. The summed E-state index contributed by atoms with van der Waals surface area (Å²) in [6.45, 7) is 0.594. The molecule has 3 aromatic rings. The molecule has 0 saturated carbocycles. The fraction of sp³-hybridized carbons (Fsp3) is 0.214. The Morgan fingerprint density at radius 1 is 0.788 bits per heavy atom. The summed E-state index contributed by atoms with van der Waals surface area (Å²) in [6.07, 6.45) is 5.81. The third-order valence-electron chi connectivity index (χ3n) is 5.87. The number of hydrogen-bond acceptors (Lipinski definition) is 3. The smallest absolute Gasteiger partial charge is 0.250 e. The number of phenolic OH excluding ortho intramolecular Hbond substituents is 1. The van der Waals surface area contributed by atoms with E-state index in [4.69, 9.17) is 0 Å². The molecule has 168 valence electrons. The topological polar surface area (TPSA) is 60.9 Å². The van der Waals surface area contributed by atoms with Gasteiger partial charge in [-0.3, -0.25) is 9.59 Å². The minimum absolute atomic E-state index is 0.0833. The molecule has 1 atom stereocenters. The van der Waals surface area contributed by atoms with E-state index in [9.17, 15) is 14.7 Å². The molecule has 0 aliphatic carbocycles. The summed E-state index contributed by atoms with van der Waals surface area (Å²) < 4.78 is 0. The first-order chi connectivity index (χ1) is 16.1. The maximum atomic E-state index is 13.4. The molecule has 5 nitrogen and oxygen atoms in total. The van der Waals surface area contributed by atoms with Crippen molar-refractivity contribution in [2.75, 3.05) is 6.54 Å². The maximum Gasteiger partial charge on any atom is 0.250 e. The van der Waals surface area contributed by atoms with Gasteiger partial charge in [-0.05, 0) is 41.7 Å². The summed E-state index contributed by atoms with van der Waals surface area (Å²) in [5.74, 6) is -0.0215. The summed E-state index contributed by atoms with van der Waals surface area (Å²) in [7, 11) is 0. The number of amides is 2. The number of rotatable bonds is 8. The lowest BCUT2D eigenvalue weighted by molar-refractivity contribution is -0.143. The van der Waals surface area contributed by atoms with E-state index < -0.39 is 6.04 Å². The zero-order valence-corrected chi connectivity index (χ0v) is 18.5. The predicted octanol–water partition coefficient (Wildman–Crippen LogP) is 4.32. The van der Waals surface area contributed by atoms with Gasteiger partial charge in [0.1, 0.15) is 11.8 Å². The molecule has 0 radical (unpaired) electrons. The van der Waals surface area contributed by atoms with Crippen LogP contribution in [-0.2, 0) is 28.9 Å². The van der Waals surface area contributed by atoms with Gasteiger partial charge >= 0.3 is 0 Å². The van der Waals surface area contributed by atoms with Gasteiger partial charge in [-0.2, -0.15) is 0 Å². The van der Waals surface area contributed by atoms with E-state index in [0.717, 1.165) is 24.0 Å². The normalized spacial score (nSPS) is 15.6. The van der Waals surface area contributed by atoms with Gasteiger partial charge < -0.3 is 14.9 Å². The third-order valence-corrected chi connectivity index (χ3v) is 5.87. The van der Waals surface area contributed by atoms with Crippen LogP contribution in [-0.4, -0.2) is 39.3 Å². The van der Waals surface area contributed by atoms with Crippen LogP contribution in [0.4, 0.5) is 0 Å². The van der Waals surface area contributed by atoms with Crippen molar-refractivity contribution in [2.45, 2.75) is 31.7 Å². The van der Waals surface area contributed by atoms with Crippen molar-refractivity contribution in [1.82, 2.24) is 9.80 Å². The number of aromatic hydroxyl groups is 1. The Bertz CT molecular complexity index is 1100. The average Bonchev–Trinajstić information content (AvgIpc) is 2.84. The van der Waals surface area contributed by atoms with Crippen LogP contribution in [0.25, 0.3) is 0 Å². The van der Waals surface area contributed by atoms with Crippen LogP contribution in [0.15, 0.2) is 97.3 Å². The standard InChI is InChI=1S/C28H28N2O3/c31-25-15-13-24(14-16-25)20-26-28(33)29(17-7-12-22-8-3-1-4-9-22)18-19-30(26)27(32)21-23-10-5-2-6-11-23/h1-6,8-11,13-16,18-19,26,31H,7,12,17,20-21H2/t26-/m0/s1. The maximum absolute atomic E-state index is 13.4. The van der Waals surface area contributed by atoms with Crippen LogP contribution in [0.1, 0.15) is 23.1 Å². The molecule has 0 unspecified atom stereocenters. The molecule has 1 aliphatic heterocycles. The van der Waals surface area contributed by atoms with E-state index in [-0.39, 0.29) is 24.0 Å². The molecule has 0 saturated heterocycles. The summed E-state index contributed by atoms with van der Waals surface area (Å²) in [5, 5.41) is 9.60. The van der Waals surface area contributed by atoms with E-state index >= 15 is 0 Å². The lowest BCUT2D eigenvalue weighted by Gasteiger charge is -2.36. The molecule has 0 spiro atoms. The first-order valence-electron chi connectivity index (χ1n) is 11.3. The zero-order valence-electron chi connectivity index (χ0n) is 18.5. The van der Waals surface area contributed by atoms with Crippen molar-refractivity contribution in [1.29, 1.82) is 0 Å². The van der Waals surface area contributed by atoms with Gasteiger partial charge in [0, 0.05) is 25.4 Å². The van der Waals surface area contributed by atoms with Gasteiger partial charge in [-0.1, -0.05) is 72.8 Å². The highest BCUT2D eigenvalue weighted by Crippen LogP contribution is 2.21. The molecule has 0 fully saturated rings. The molecule has 4 rings (SSSR count).